The minimum absolute atomic E-state index is 0.0930. The van der Waals surface area contributed by atoms with E-state index in [9.17, 15) is 4.39 Å². The zero-order valence-corrected chi connectivity index (χ0v) is 16.4. The summed E-state index contributed by atoms with van der Waals surface area (Å²) in [6.45, 7) is 2.01. The van der Waals surface area contributed by atoms with Gasteiger partial charge in [-0.3, -0.25) is 5.43 Å². The van der Waals surface area contributed by atoms with Crippen LogP contribution in [0, 0.1) is 12.7 Å². The molecule has 0 spiro atoms. The fourth-order valence-corrected chi connectivity index (χ4v) is 2.56. The molecule has 0 aliphatic carbocycles. The SMILES string of the molecule is Cc1ccc(C=NNc2nc(NN(C)C)nc(-c3c(F)cccc3Cl)n2)cc1. The van der Waals surface area contributed by atoms with E-state index in [2.05, 4.69) is 30.9 Å². The van der Waals surface area contributed by atoms with E-state index in [1.807, 2.05) is 31.2 Å². The third kappa shape index (κ3) is 4.99. The second-order valence-corrected chi connectivity index (χ2v) is 6.60. The predicted molar refractivity (Wildman–Crippen MR) is 110 cm³/mol. The van der Waals surface area contributed by atoms with Crippen LogP contribution in [0.5, 0.6) is 0 Å². The number of aryl methyl sites for hydroxylation is 1. The predicted octanol–water partition coefficient (Wildman–Crippen LogP) is 3.97. The molecule has 7 nitrogen and oxygen atoms in total. The number of hydrazine groups is 1. The fourth-order valence-electron chi connectivity index (χ4n) is 2.32. The van der Waals surface area contributed by atoms with Crippen LogP contribution in [0.4, 0.5) is 16.3 Å². The minimum atomic E-state index is -0.524. The molecule has 28 heavy (non-hydrogen) atoms. The second kappa shape index (κ2) is 8.73. The van der Waals surface area contributed by atoms with Crippen LogP contribution in [0.3, 0.4) is 0 Å². The maximum absolute atomic E-state index is 14.3. The Labute approximate surface area is 167 Å². The Bertz CT molecular complexity index is 970. The molecule has 0 atom stereocenters. The van der Waals surface area contributed by atoms with Crippen molar-refractivity contribution in [3.05, 3.63) is 64.4 Å². The van der Waals surface area contributed by atoms with Gasteiger partial charge >= 0.3 is 0 Å². The summed E-state index contributed by atoms with van der Waals surface area (Å²) in [4.78, 5) is 12.7. The van der Waals surface area contributed by atoms with Gasteiger partial charge in [-0.15, -0.1) is 0 Å². The molecule has 0 amide bonds. The smallest absolute Gasteiger partial charge is 0.248 e. The van der Waals surface area contributed by atoms with Crippen molar-refractivity contribution in [1.29, 1.82) is 0 Å². The number of hydrogen-bond acceptors (Lipinski definition) is 7. The molecule has 0 saturated carbocycles. The van der Waals surface area contributed by atoms with Crippen molar-refractivity contribution in [3.8, 4) is 11.4 Å². The molecule has 9 heteroatoms. The van der Waals surface area contributed by atoms with E-state index in [0.717, 1.165) is 11.1 Å². The van der Waals surface area contributed by atoms with Gasteiger partial charge in [0.05, 0.1) is 16.8 Å². The lowest BCUT2D eigenvalue weighted by Crippen LogP contribution is -2.22. The molecule has 1 heterocycles. The molecule has 0 bridgehead atoms. The molecule has 3 rings (SSSR count). The summed E-state index contributed by atoms with van der Waals surface area (Å²) in [6, 6.07) is 12.3. The number of nitrogens with zero attached hydrogens (tertiary/aromatic N) is 5. The van der Waals surface area contributed by atoms with Gasteiger partial charge in [0.2, 0.25) is 11.9 Å². The number of hydrogen-bond donors (Lipinski definition) is 2. The molecule has 0 aliphatic rings. The number of halogens is 2. The molecule has 2 N–H and O–H groups in total. The third-order valence-electron chi connectivity index (χ3n) is 3.60. The molecule has 0 unspecified atom stereocenters. The van der Waals surface area contributed by atoms with E-state index in [4.69, 9.17) is 11.6 Å². The quantitative estimate of drug-likeness (QED) is 0.482. The number of hydrazone groups is 1. The molecule has 2 aromatic carbocycles. The minimum Gasteiger partial charge on any atom is -0.287 e. The largest absolute Gasteiger partial charge is 0.287 e. The van der Waals surface area contributed by atoms with Crippen molar-refractivity contribution in [1.82, 2.24) is 20.0 Å². The van der Waals surface area contributed by atoms with Gasteiger partial charge in [0.15, 0.2) is 5.82 Å². The van der Waals surface area contributed by atoms with Gasteiger partial charge in [-0.05, 0) is 24.6 Å². The van der Waals surface area contributed by atoms with Gasteiger partial charge in [-0.2, -0.15) is 20.1 Å². The Morgan fingerprint density at radius 1 is 1.04 bits per heavy atom. The number of aromatic nitrogens is 3. The van der Waals surface area contributed by atoms with Crippen LogP contribution in [0.1, 0.15) is 11.1 Å². The van der Waals surface area contributed by atoms with E-state index in [-0.39, 0.29) is 28.3 Å². The first-order valence-corrected chi connectivity index (χ1v) is 8.80. The van der Waals surface area contributed by atoms with Gasteiger partial charge in [0.1, 0.15) is 5.82 Å². The molecular formula is C19H19ClFN7. The van der Waals surface area contributed by atoms with E-state index in [0.29, 0.717) is 0 Å². The van der Waals surface area contributed by atoms with Crippen LogP contribution in [0.15, 0.2) is 47.6 Å². The third-order valence-corrected chi connectivity index (χ3v) is 3.92. The maximum Gasteiger partial charge on any atom is 0.248 e. The van der Waals surface area contributed by atoms with Crippen molar-refractivity contribution < 1.29 is 4.39 Å². The Morgan fingerprint density at radius 3 is 2.43 bits per heavy atom. The average Bonchev–Trinajstić information content (AvgIpc) is 2.62. The first-order valence-electron chi connectivity index (χ1n) is 8.42. The number of anilines is 2. The zero-order chi connectivity index (χ0) is 20.1. The van der Waals surface area contributed by atoms with E-state index in [1.165, 1.54) is 12.1 Å². The van der Waals surface area contributed by atoms with E-state index >= 15 is 0 Å². The van der Waals surface area contributed by atoms with Crippen LogP contribution in [-0.2, 0) is 0 Å². The Balaban J connectivity index is 1.92. The van der Waals surface area contributed by atoms with Crippen molar-refractivity contribution in [2.45, 2.75) is 6.92 Å². The summed E-state index contributed by atoms with van der Waals surface area (Å²) in [6.07, 6.45) is 1.64. The first kappa shape index (κ1) is 19.7. The van der Waals surface area contributed by atoms with Crippen LogP contribution in [-0.4, -0.2) is 40.3 Å². The maximum atomic E-state index is 14.3. The van der Waals surface area contributed by atoms with Gasteiger partial charge < -0.3 is 0 Å². The summed E-state index contributed by atoms with van der Waals surface area (Å²) in [5, 5.41) is 6.00. The Kier molecular flexibility index (Phi) is 6.13. The molecular weight excluding hydrogens is 381 g/mol. The summed E-state index contributed by atoms with van der Waals surface area (Å²) >= 11 is 6.15. The van der Waals surface area contributed by atoms with E-state index in [1.54, 1.807) is 31.4 Å². The highest BCUT2D eigenvalue weighted by Gasteiger charge is 2.16. The molecule has 3 aromatic rings. The summed E-state index contributed by atoms with van der Waals surface area (Å²) in [5.74, 6) is -0.0570. The van der Waals surface area contributed by atoms with Crippen LogP contribution in [0.25, 0.3) is 11.4 Å². The normalized spacial score (nSPS) is 11.2. The summed E-state index contributed by atoms with van der Waals surface area (Å²) < 4.78 is 14.3. The highest BCUT2D eigenvalue weighted by molar-refractivity contribution is 6.33. The van der Waals surface area contributed by atoms with E-state index < -0.39 is 5.82 Å². The lowest BCUT2D eigenvalue weighted by molar-refractivity contribution is 0.488. The van der Waals surface area contributed by atoms with Crippen molar-refractivity contribution in [2.24, 2.45) is 5.10 Å². The van der Waals surface area contributed by atoms with Crippen molar-refractivity contribution in [2.75, 3.05) is 24.9 Å². The molecule has 0 fully saturated rings. The number of nitrogens with one attached hydrogen (secondary N) is 2. The van der Waals surface area contributed by atoms with Crippen LogP contribution < -0.4 is 10.9 Å². The first-order chi connectivity index (χ1) is 13.4. The number of rotatable bonds is 6. The van der Waals surface area contributed by atoms with Gasteiger partial charge in [0, 0.05) is 14.1 Å². The average molecular weight is 400 g/mol. The summed E-state index contributed by atoms with van der Waals surface area (Å²) in [5.41, 5.74) is 7.85. The van der Waals surface area contributed by atoms with Crippen molar-refractivity contribution in [3.63, 3.8) is 0 Å². The molecule has 0 radical (unpaired) electrons. The molecule has 1 aromatic heterocycles. The van der Waals surface area contributed by atoms with Gasteiger partial charge in [-0.1, -0.05) is 47.5 Å². The number of benzene rings is 2. The Hall–Kier alpha value is -3.10. The zero-order valence-electron chi connectivity index (χ0n) is 15.6. The monoisotopic (exact) mass is 399 g/mol. The Morgan fingerprint density at radius 2 is 1.75 bits per heavy atom. The van der Waals surface area contributed by atoms with Gasteiger partial charge in [-0.25, -0.2) is 14.8 Å². The highest BCUT2D eigenvalue weighted by Crippen LogP contribution is 2.29. The molecule has 0 saturated heterocycles. The lowest BCUT2D eigenvalue weighted by Gasteiger charge is -2.13. The molecule has 0 aliphatic heterocycles. The topological polar surface area (TPSA) is 78.3 Å². The second-order valence-electron chi connectivity index (χ2n) is 6.19. The van der Waals surface area contributed by atoms with Crippen LogP contribution in [0.2, 0.25) is 5.02 Å². The lowest BCUT2D eigenvalue weighted by atomic mass is 10.2. The summed E-state index contributed by atoms with van der Waals surface area (Å²) in [7, 11) is 3.56. The van der Waals surface area contributed by atoms with Gasteiger partial charge in [0.25, 0.3) is 0 Å². The highest BCUT2D eigenvalue weighted by atomic mass is 35.5. The van der Waals surface area contributed by atoms with Crippen molar-refractivity contribution >= 4 is 29.7 Å². The standard InChI is InChI=1S/C19H19ClFN7/c1-12-7-9-13(10-8-12)11-22-26-18-23-17(24-19(25-18)27-28(2)3)16-14(20)5-4-6-15(16)21/h4-11H,1-3H3,(H2,23,24,25,26,27). The van der Waals surface area contributed by atoms with Crippen LogP contribution >= 0.6 is 11.6 Å². The molecule has 144 valence electrons. The fraction of sp³-hybridized carbons (Fsp3) is 0.158.